The van der Waals surface area contributed by atoms with Crippen LogP contribution in [-0.2, 0) is 12.3 Å². The second-order valence-electron chi connectivity index (χ2n) is 6.11. The Kier molecular flexibility index (Phi) is 7.77. The molecule has 0 saturated heterocycles. The molecule has 0 spiro atoms. The molecule has 1 atom stereocenters. The van der Waals surface area contributed by atoms with E-state index in [2.05, 4.69) is 16.8 Å². The summed E-state index contributed by atoms with van der Waals surface area (Å²) in [5.74, 6) is 1.87. The van der Waals surface area contributed by atoms with E-state index in [0.29, 0.717) is 44.0 Å². The Balaban J connectivity index is 1.78. The molecule has 152 valence electrons. The first-order chi connectivity index (χ1) is 13.9. The van der Waals surface area contributed by atoms with E-state index >= 15 is 0 Å². The highest BCUT2D eigenvalue weighted by Gasteiger charge is 2.20. The van der Waals surface area contributed by atoms with Gasteiger partial charge >= 0.3 is 0 Å². The first-order valence-electron chi connectivity index (χ1n) is 8.61. The Bertz CT molecular complexity index is 1020. The molecule has 3 rings (SSSR count). The zero-order valence-electron chi connectivity index (χ0n) is 15.4. The van der Waals surface area contributed by atoms with Crippen LogP contribution in [0.3, 0.4) is 0 Å². The van der Waals surface area contributed by atoms with Gasteiger partial charge in [-0.05, 0) is 42.8 Å². The minimum Gasteiger partial charge on any atom is -0.481 e. The van der Waals surface area contributed by atoms with Gasteiger partial charge in [0.25, 0.3) is 0 Å². The molecule has 9 heteroatoms. The Morgan fingerprint density at radius 3 is 2.55 bits per heavy atom. The summed E-state index contributed by atoms with van der Waals surface area (Å²) in [5.41, 5.74) is 1.04. The molecule has 0 amide bonds. The van der Waals surface area contributed by atoms with Crippen LogP contribution >= 0.6 is 58.2 Å². The summed E-state index contributed by atoms with van der Waals surface area (Å²) in [6, 6.07) is 10.7. The van der Waals surface area contributed by atoms with Crippen LogP contribution in [0.25, 0.3) is 0 Å². The molecule has 0 saturated carbocycles. The zero-order valence-corrected chi connectivity index (χ0v) is 19.3. The topological polar surface area (TPSA) is 39.9 Å². The predicted octanol–water partition coefficient (Wildman–Crippen LogP) is 7.51. The average molecular weight is 489 g/mol. The summed E-state index contributed by atoms with van der Waals surface area (Å²) in [7, 11) is 0. The van der Waals surface area contributed by atoms with Crippen molar-refractivity contribution in [3.8, 4) is 5.75 Å². The third-order valence-electron chi connectivity index (χ3n) is 3.97. The van der Waals surface area contributed by atoms with Gasteiger partial charge in [0, 0.05) is 17.3 Å². The van der Waals surface area contributed by atoms with E-state index in [1.807, 2.05) is 23.6 Å². The predicted molar refractivity (Wildman–Crippen MR) is 122 cm³/mol. The molecule has 3 aromatic rings. The van der Waals surface area contributed by atoms with Gasteiger partial charge in [-0.15, -0.1) is 16.8 Å². The van der Waals surface area contributed by atoms with Crippen molar-refractivity contribution in [1.29, 1.82) is 0 Å². The van der Waals surface area contributed by atoms with E-state index in [1.54, 1.807) is 42.1 Å². The summed E-state index contributed by atoms with van der Waals surface area (Å²) in [4.78, 5) is 0. The number of hydrogen-bond donors (Lipinski definition) is 0. The molecular weight excluding hydrogens is 472 g/mol. The minimum atomic E-state index is -0.375. The third-order valence-corrected chi connectivity index (χ3v) is 6.28. The Morgan fingerprint density at radius 2 is 1.86 bits per heavy atom. The summed E-state index contributed by atoms with van der Waals surface area (Å²) in [6.07, 6.45) is 1.42. The van der Waals surface area contributed by atoms with Crippen LogP contribution in [0.2, 0.25) is 20.1 Å². The molecule has 0 aliphatic carbocycles. The highest BCUT2D eigenvalue weighted by molar-refractivity contribution is 7.98. The van der Waals surface area contributed by atoms with Crippen molar-refractivity contribution in [1.82, 2.24) is 14.8 Å². The first kappa shape index (κ1) is 22.3. The molecule has 2 aromatic carbocycles. The summed E-state index contributed by atoms with van der Waals surface area (Å²) in [5, 5.41) is 11.4. The Hall–Kier alpha value is -1.37. The Morgan fingerprint density at radius 1 is 1.07 bits per heavy atom. The van der Waals surface area contributed by atoms with Gasteiger partial charge in [0.15, 0.2) is 17.1 Å². The fourth-order valence-corrected chi connectivity index (χ4v) is 4.27. The zero-order chi connectivity index (χ0) is 21.0. The molecule has 0 aliphatic rings. The van der Waals surface area contributed by atoms with Crippen LogP contribution in [0.5, 0.6) is 5.75 Å². The maximum atomic E-state index is 6.22. The number of nitrogens with zero attached hydrogens (tertiary/aromatic N) is 3. The van der Waals surface area contributed by atoms with Gasteiger partial charge < -0.3 is 4.74 Å². The van der Waals surface area contributed by atoms with Gasteiger partial charge in [-0.3, -0.25) is 4.57 Å². The van der Waals surface area contributed by atoms with E-state index in [-0.39, 0.29) is 6.10 Å². The number of halogens is 4. The second kappa shape index (κ2) is 10.1. The molecule has 0 bridgehead atoms. The van der Waals surface area contributed by atoms with Crippen molar-refractivity contribution < 1.29 is 4.74 Å². The van der Waals surface area contributed by atoms with Crippen LogP contribution in [0.4, 0.5) is 0 Å². The number of benzene rings is 2. The summed E-state index contributed by atoms with van der Waals surface area (Å²) < 4.78 is 7.95. The molecule has 1 heterocycles. The van der Waals surface area contributed by atoms with E-state index in [0.717, 1.165) is 10.7 Å². The molecule has 0 aliphatic heterocycles. The number of rotatable bonds is 8. The number of allylic oxidation sites excluding steroid dienone is 1. The fraction of sp³-hybridized carbons (Fsp3) is 0.200. The van der Waals surface area contributed by atoms with Gasteiger partial charge in [0.2, 0.25) is 0 Å². The van der Waals surface area contributed by atoms with Gasteiger partial charge in [-0.1, -0.05) is 70.3 Å². The number of thioether (sulfide) groups is 1. The lowest BCUT2D eigenvalue weighted by Crippen LogP contribution is -2.12. The van der Waals surface area contributed by atoms with E-state index in [1.165, 1.54) is 0 Å². The highest BCUT2D eigenvalue weighted by atomic mass is 35.5. The standard InChI is InChI=1S/C20H17Cl4N3OS/c1-3-8-27-19(12(2)28-18-7-5-14(21)10-17(18)24)25-26-20(27)29-11-13-4-6-15(22)16(23)9-13/h3-7,9-10,12H,1,8,11H2,2H3. The van der Waals surface area contributed by atoms with Crippen molar-refractivity contribution >= 4 is 58.2 Å². The van der Waals surface area contributed by atoms with E-state index < -0.39 is 0 Å². The molecule has 1 aromatic heterocycles. The molecule has 0 radical (unpaired) electrons. The van der Waals surface area contributed by atoms with Crippen LogP contribution < -0.4 is 4.74 Å². The van der Waals surface area contributed by atoms with Crippen molar-refractivity contribution in [3.63, 3.8) is 0 Å². The lowest BCUT2D eigenvalue weighted by atomic mass is 10.2. The first-order valence-corrected chi connectivity index (χ1v) is 11.1. The van der Waals surface area contributed by atoms with Crippen LogP contribution in [0.15, 0.2) is 54.2 Å². The number of aromatic nitrogens is 3. The van der Waals surface area contributed by atoms with Crippen molar-refractivity contribution in [3.05, 3.63) is 80.5 Å². The number of hydrogen-bond acceptors (Lipinski definition) is 4. The van der Waals surface area contributed by atoms with Gasteiger partial charge in [-0.2, -0.15) is 0 Å². The van der Waals surface area contributed by atoms with Crippen LogP contribution in [0, 0.1) is 0 Å². The summed E-state index contributed by atoms with van der Waals surface area (Å²) in [6.45, 7) is 6.27. The fourth-order valence-electron chi connectivity index (χ4n) is 2.60. The maximum absolute atomic E-state index is 6.22. The second-order valence-corrected chi connectivity index (χ2v) is 8.71. The SMILES string of the molecule is C=CCn1c(SCc2ccc(Cl)c(Cl)c2)nnc1C(C)Oc1ccc(Cl)cc1Cl. The van der Waals surface area contributed by atoms with Crippen molar-refractivity contribution in [2.75, 3.05) is 0 Å². The quantitative estimate of drug-likeness (QED) is 0.243. The smallest absolute Gasteiger partial charge is 0.191 e. The molecular formula is C20H17Cl4N3OS. The maximum Gasteiger partial charge on any atom is 0.191 e. The van der Waals surface area contributed by atoms with E-state index in [9.17, 15) is 0 Å². The van der Waals surface area contributed by atoms with Gasteiger partial charge in [0.05, 0.1) is 15.1 Å². The van der Waals surface area contributed by atoms with Gasteiger partial charge in [0.1, 0.15) is 5.75 Å². The Labute approximate surface area is 193 Å². The lowest BCUT2D eigenvalue weighted by Gasteiger charge is -2.16. The minimum absolute atomic E-state index is 0.375. The van der Waals surface area contributed by atoms with Crippen molar-refractivity contribution in [2.45, 2.75) is 30.5 Å². The molecule has 1 unspecified atom stereocenters. The van der Waals surface area contributed by atoms with Crippen LogP contribution in [0.1, 0.15) is 24.4 Å². The molecule has 4 nitrogen and oxygen atoms in total. The van der Waals surface area contributed by atoms with Gasteiger partial charge in [-0.25, -0.2) is 0 Å². The largest absolute Gasteiger partial charge is 0.481 e. The molecule has 0 N–H and O–H groups in total. The van der Waals surface area contributed by atoms with Crippen LogP contribution in [-0.4, -0.2) is 14.8 Å². The monoisotopic (exact) mass is 487 g/mol. The third kappa shape index (κ3) is 5.62. The normalized spacial score (nSPS) is 12.0. The highest BCUT2D eigenvalue weighted by Crippen LogP contribution is 2.32. The lowest BCUT2D eigenvalue weighted by molar-refractivity contribution is 0.210. The summed E-state index contributed by atoms with van der Waals surface area (Å²) >= 11 is 25.8. The van der Waals surface area contributed by atoms with Crippen molar-refractivity contribution in [2.24, 2.45) is 0 Å². The average Bonchev–Trinajstić information content (AvgIpc) is 3.08. The van der Waals surface area contributed by atoms with E-state index in [4.69, 9.17) is 51.1 Å². The molecule has 0 fully saturated rings. The molecule has 29 heavy (non-hydrogen) atoms. The number of ether oxygens (including phenoxy) is 1.